The second-order valence-corrected chi connectivity index (χ2v) is 5.79. The Balaban J connectivity index is 1.80. The maximum Gasteiger partial charge on any atom is 0.0625 e. The lowest BCUT2D eigenvalue weighted by Crippen LogP contribution is -2.28. The zero-order valence-corrected chi connectivity index (χ0v) is 11.8. The van der Waals surface area contributed by atoms with Gasteiger partial charge in [0.05, 0.1) is 5.69 Å². The summed E-state index contributed by atoms with van der Waals surface area (Å²) in [5.41, 5.74) is 7.48. The highest BCUT2D eigenvalue weighted by Gasteiger charge is 2.21. The van der Waals surface area contributed by atoms with Gasteiger partial charge in [-0.25, -0.2) is 0 Å². The van der Waals surface area contributed by atoms with Crippen LogP contribution >= 0.6 is 0 Å². The van der Waals surface area contributed by atoms with Gasteiger partial charge in [0, 0.05) is 18.3 Å². The second kappa shape index (κ2) is 6.37. The van der Waals surface area contributed by atoms with E-state index < -0.39 is 0 Å². The van der Waals surface area contributed by atoms with Crippen LogP contribution in [0.3, 0.4) is 0 Å². The smallest absolute Gasteiger partial charge is 0.0625 e. The highest BCUT2D eigenvalue weighted by molar-refractivity contribution is 5.00. The molecule has 1 aromatic rings. The minimum atomic E-state index is 0.376. The van der Waals surface area contributed by atoms with E-state index in [2.05, 4.69) is 35.9 Å². The van der Waals surface area contributed by atoms with E-state index in [1.807, 2.05) is 0 Å². The number of aromatic nitrogens is 2. The van der Waals surface area contributed by atoms with E-state index in [1.54, 1.807) is 0 Å². The first-order valence-corrected chi connectivity index (χ1v) is 7.50. The molecule has 1 aliphatic carbocycles. The van der Waals surface area contributed by atoms with E-state index in [0.717, 1.165) is 25.2 Å². The Bertz CT molecular complexity index is 352. The molecule has 2 rings (SSSR count). The quantitative estimate of drug-likeness (QED) is 0.840. The monoisotopic (exact) mass is 249 g/mol. The molecule has 1 aliphatic rings. The van der Waals surface area contributed by atoms with Crippen molar-refractivity contribution in [2.24, 2.45) is 11.7 Å². The number of hydrogen-bond donors (Lipinski definition) is 1. The van der Waals surface area contributed by atoms with Crippen LogP contribution < -0.4 is 5.73 Å². The summed E-state index contributed by atoms with van der Waals surface area (Å²) in [5.74, 6) is 0.765. The highest BCUT2D eigenvalue weighted by atomic mass is 15.3. The first-order valence-electron chi connectivity index (χ1n) is 7.50. The van der Waals surface area contributed by atoms with Gasteiger partial charge in [-0.3, -0.25) is 4.68 Å². The summed E-state index contributed by atoms with van der Waals surface area (Å²) >= 11 is 0. The molecule has 1 aromatic heterocycles. The van der Waals surface area contributed by atoms with Crippen molar-refractivity contribution in [2.75, 3.05) is 0 Å². The molecule has 2 atom stereocenters. The minimum Gasteiger partial charge on any atom is -0.327 e. The van der Waals surface area contributed by atoms with Crippen LogP contribution in [0.2, 0.25) is 0 Å². The summed E-state index contributed by atoms with van der Waals surface area (Å²) in [5, 5.41) is 4.64. The largest absolute Gasteiger partial charge is 0.327 e. The lowest BCUT2D eigenvalue weighted by molar-refractivity contribution is 0.407. The lowest BCUT2D eigenvalue weighted by atomic mass is 9.94. The Morgan fingerprint density at radius 3 is 2.83 bits per heavy atom. The molecule has 1 heterocycles. The van der Waals surface area contributed by atoms with Gasteiger partial charge in [-0.2, -0.15) is 5.10 Å². The van der Waals surface area contributed by atoms with Gasteiger partial charge in [-0.15, -0.1) is 0 Å². The van der Waals surface area contributed by atoms with Crippen LogP contribution in [-0.4, -0.2) is 15.8 Å². The van der Waals surface area contributed by atoms with Gasteiger partial charge >= 0.3 is 0 Å². The Hall–Kier alpha value is -0.830. The molecule has 2 unspecified atom stereocenters. The molecule has 0 saturated heterocycles. The fraction of sp³-hybridized carbons (Fsp3) is 0.800. The molecule has 0 aromatic carbocycles. The fourth-order valence-electron chi connectivity index (χ4n) is 2.88. The summed E-state index contributed by atoms with van der Waals surface area (Å²) in [6, 6.07) is 3.02. The van der Waals surface area contributed by atoms with Crippen LogP contribution in [0.4, 0.5) is 0 Å². The third kappa shape index (κ3) is 3.35. The number of nitrogens with zero attached hydrogens (tertiary/aromatic N) is 2. The summed E-state index contributed by atoms with van der Waals surface area (Å²) in [7, 11) is 0. The Morgan fingerprint density at radius 2 is 2.17 bits per heavy atom. The van der Waals surface area contributed by atoms with Crippen molar-refractivity contribution >= 4 is 0 Å². The van der Waals surface area contributed by atoms with Gasteiger partial charge in [0.2, 0.25) is 0 Å². The van der Waals surface area contributed by atoms with Gasteiger partial charge in [-0.1, -0.05) is 19.8 Å². The van der Waals surface area contributed by atoms with Crippen molar-refractivity contribution in [3.05, 3.63) is 18.0 Å². The first kappa shape index (κ1) is 13.6. The molecule has 0 bridgehead atoms. The van der Waals surface area contributed by atoms with E-state index in [1.165, 1.54) is 31.4 Å². The van der Waals surface area contributed by atoms with Crippen LogP contribution in [0.25, 0.3) is 0 Å². The van der Waals surface area contributed by atoms with Crippen LogP contribution in [0.15, 0.2) is 12.3 Å². The zero-order valence-electron chi connectivity index (χ0n) is 11.8. The molecule has 1 saturated carbocycles. The van der Waals surface area contributed by atoms with Gasteiger partial charge in [0.1, 0.15) is 0 Å². The molecule has 1 fully saturated rings. The number of rotatable bonds is 6. The standard InChI is InChI=1S/C15H27N3/c1-3-12(2)18-11-10-14(17-18)8-9-15(16)13-6-4-5-7-13/h10-13,15H,3-9,16H2,1-2H3. The molecule has 0 amide bonds. The second-order valence-electron chi connectivity index (χ2n) is 5.79. The van der Waals surface area contributed by atoms with Gasteiger partial charge in [0.15, 0.2) is 0 Å². The van der Waals surface area contributed by atoms with Gasteiger partial charge in [0.25, 0.3) is 0 Å². The molecular formula is C15H27N3. The fourth-order valence-corrected chi connectivity index (χ4v) is 2.88. The minimum absolute atomic E-state index is 0.376. The van der Waals surface area contributed by atoms with E-state index in [4.69, 9.17) is 5.73 Å². The van der Waals surface area contributed by atoms with Crippen LogP contribution in [-0.2, 0) is 6.42 Å². The van der Waals surface area contributed by atoms with E-state index in [9.17, 15) is 0 Å². The molecule has 3 heteroatoms. The Kier molecular flexibility index (Phi) is 4.81. The Labute approximate surface area is 111 Å². The first-order chi connectivity index (χ1) is 8.70. The number of aryl methyl sites for hydroxylation is 1. The van der Waals surface area contributed by atoms with Crippen LogP contribution in [0, 0.1) is 5.92 Å². The van der Waals surface area contributed by atoms with Crippen LogP contribution in [0.1, 0.15) is 64.1 Å². The van der Waals surface area contributed by atoms with E-state index in [-0.39, 0.29) is 0 Å². The molecule has 0 radical (unpaired) electrons. The number of nitrogens with two attached hydrogens (primary N) is 1. The summed E-state index contributed by atoms with van der Waals surface area (Å²) in [6.45, 7) is 4.41. The third-order valence-corrected chi connectivity index (χ3v) is 4.45. The third-order valence-electron chi connectivity index (χ3n) is 4.45. The highest BCUT2D eigenvalue weighted by Crippen LogP contribution is 2.28. The van der Waals surface area contributed by atoms with Crippen molar-refractivity contribution in [3.63, 3.8) is 0 Å². The van der Waals surface area contributed by atoms with Crippen molar-refractivity contribution in [2.45, 2.75) is 70.9 Å². The van der Waals surface area contributed by atoms with Crippen molar-refractivity contribution in [3.8, 4) is 0 Å². The topological polar surface area (TPSA) is 43.8 Å². The number of hydrogen-bond acceptors (Lipinski definition) is 2. The average molecular weight is 249 g/mol. The predicted octanol–water partition coefficient (Wildman–Crippen LogP) is 3.30. The maximum absolute atomic E-state index is 6.29. The van der Waals surface area contributed by atoms with E-state index >= 15 is 0 Å². The summed E-state index contributed by atoms with van der Waals surface area (Å²) in [4.78, 5) is 0. The molecule has 3 nitrogen and oxygen atoms in total. The summed E-state index contributed by atoms with van der Waals surface area (Å²) in [6.07, 6.45) is 10.8. The average Bonchev–Trinajstić information content (AvgIpc) is 3.05. The molecular weight excluding hydrogens is 222 g/mol. The molecule has 2 N–H and O–H groups in total. The SMILES string of the molecule is CCC(C)n1ccc(CCC(N)C2CCCC2)n1. The lowest BCUT2D eigenvalue weighted by Gasteiger charge is -2.17. The molecule has 0 spiro atoms. The molecule has 18 heavy (non-hydrogen) atoms. The zero-order chi connectivity index (χ0) is 13.0. The summed E-state index contributed by atoms with van der Waals surface area (Å²) < 4.78 is 2.08. The Morgan fingerprint density at radius 1 is 1.44 bits per heavy atom. The van der Waals surface area contributed by atoms with Gasteiger partial charge in [-0.05, 0) is 51.0 Å². The van der Waals surface area contributed by atoms with Crippen molar-refractivity contribution in [1.29, 1.82) is 0 Å². The van der Waals surface area contributed by atoms with Crippen molar-refractivity contribution in [1.82, 2.24) is 9.78 Å². The molecule has 102 valence electrons. The molecule has 0 aliphatic heterocycles. The maximum atomic E-state index is 6.29. The predicted molar refractivity (Wildman–Crippen MR) is 75.5 cm³/mol. The van der Waals surface area contributed by atoms with Crippen LogP contribution in [0.5, 0.6) is 0 Å². The van der Waals surface area contributed by atoms with E-state index in [0.29, 0.717) is 12.1 Å². The normalized spacial score (nSPS) is 20.2. The van der Waals surface area contributed by atoms with Crippen molar-refractivity contribution < 1.29 is 0 Å². The van der Waals surface area contributed by atoms with Gasteiger partial charge < -0.3 is 5.73 Å².